The quantitative estimate of drug-likeness (QED) is 0.925. The van der Waals surface area contributed by atoms with E-state index < -0.39 is 5.97 Å². The van der Waals surface area contributed by atoms with E-state index >= 15 is 0 Å². The lowest BCUT2D eigenvalue weighted by Crippen LogP contribution is -2.45. The first kappa shape index (κ1) is 13.7. The first-order valence-corrected chi connectivity index (χ1v) is 7.94. The molecule has 4 heteroatoms. The van der Waals surface area contributed by atoms with Gasteiger partial charge < -0.3 is 5.11 Å². The van der Waals surface area contributed by atoms with Gasteiger partial charge in [0.25, 0.3) is 0 Å². The number of benzene rings is 2. The summed E-state index contributed by atoms with van der Waals surface area (Å²) in [4.78, 5) is 11.1. The van der Waals surface area contributed by atoms with Crippen molar-refractivity contribution in [2.24, 2.45) is 5.92 Å². The number of hydrazine groups is 1. The second-order valence-corrected chi connectivity index (χ2v) is 6.31. The molecule has 22 heavy (non-hydrogen) atoms. The third kappa shape index (κ3) is 2.28. The second-order valence-electron chi connectivity index (χ2n) is 6.31. The molecule has 2 aromatic rings. The molecular formula is C18H20N2O2. The minimum absolute atomic E-state index is 0.165. The maximum Gasteiger partial charge on any atom is 0.306 e. The Labute approximate surface area is 129 Å². The Balaban J connectivity index is 1.53. The van der Waals surface area contributed by atoms with Crippen molar-refractivity contribution in [2.45, 2.75) is 25.9 Å². The van der Waals surface area contributed by atoms with E-state index in [0.717, 1.165) is 39.0 Å². The van der Waals surface area contributed by atoms with E-state index in [1.165, 1.54) is 21.9 Å². The van der Waals surface area contributed by atoms with Gasteiger partial charge in [0.2, 0.25) is 0 Å². The number of carbonyl (C=O) groups is 1. The summed E-state index contributed by atoms with van der Waals surface area (Å²) in [6.45, 7) is 3.58. The number of hydrogen-bond donors (Lipinski definition) is 1. The van der Waals surface area contributed by atoms with Gasteiger partial charge in [-0.05, 0) is 34.7 Å². The number of aliphatic carboxylic acids is 1. The first-order valence-electron chi connectivity index (χ1n) is 7.94. The minimum Gasteiger partial charge on any atom is -0.481 e. The van der Waals surface area contributed by atoms with E-state index in [0.29, 0.717) is 0 Å². The molecule has 1 N–H and O–H groups in total. The van der Waals surface area contributed by atoms with Crippen LogP contribution in [0.15, 0.2) is 36.4 Å². The fraction of sp³-hybridized carbons (Fsp3) is 0.389. The zero-order valence-electron chi connectivity index (χ0n) is 12.5. The summed E-state index contributed by atoms with van der Waals surface area (Å²) in [5, 5.41) is 16.5. The van der Waals surface area contributed by atoms with E-state index in [1.54, 1.807) is 0 Å². The maximum absolute atomic E-state index is 11.1. The van der Waals surface area contributed by atoms with Gasteiger partial charge in [0.05, 0.1) is 5.92 Å². The van der Waals surface area contributed by atoms with Crippen LogP contribution < -0.4 is 0 Å². The number of hydrogen-bond acceptors (Lipinski definition) is 3. The lowest BCUT2D eigenvalue weighted by Gasteiger charge is -2.36. The number of nitrogens with zero attached hydrogens (tertiary/aromatic N) is 2. The molecule has 1 saturated heterocycles. The summed E-state index contributed by atoms with van der Waals surface area (Å²) in [5.74, 6) is -0.808. The summed E-state index contributed by atoms with van der Waals surface area (Å²) in [6, 6.07) is 13.0. The van der Waals surface area contributed by atoms with Crippen molar-refractivity contribution in [3.8, 4) is 0 Å². The van der Waals surface area contributed by atoms with Gasteiger partial charge in [0, 0.05) is 26.2 Å². The molecule has 2 aliphatic heterocycles. The Morgan fingerprint density at radius 3 is 2.55 bits per heavy atom. The highest BCUT2D eigenvalue weighted by Crippen LogP contribution is 2.32. The van der Waals surface area contributed by atoms with Crippen molar-refractivity contribution < 1.29 is 9.90 Å². The minimum atomic E-state index is -0.643. The van der Waals surface area contributed by atoms with Crippen molar-refractivity contribution in [1.82, 2.24) is 10.0 Å². The monoisotopic (exact) mass is 296 g/mol. The molecule has 0 spiro atoms. The summed E-state index contributed by atoms with van der Waals surface area (Å²) >= 11 is 0. The van der Waals surface area contributed by atoms with E-state index in [-0.39, 0.29) is 5.92 Å². The SMILES string of the molecule is O=C(O)C1CCN(N2Cc3ccc4ccccc4c3C2)CC1. The van der Waals surface area contributed by atoms with Gasteiger partial charge in [-0.1, -0.05) is 36.4 Å². The highest BCUT2D eigenvalue weighted by atomic mass is 16.4. The van der Waals surface area contributed by atoms with E-state index in [9.17, 15) is 4.79 Å². The lowest BCUT2D eigenvalue weighted by molar-refractivity contribution is -0.145. The molecular weight excluding hydrogens is 276 g/mol. The van der Waals surface area contributed by atoms with Gasteiger partial charge in [-0.3, -0.25) is 4.79 Å². The standard InChI is InChI=1S/C18H20N2O2/c21-18(22)14-7-9-19(10-8-14)20-11-15-6-5-13-3-1-2-4-16(13)17(15)12-20/h1-6,14H,7-12H2,(H,21,22). The van der Waals surface area contributed by atoms with Crippen LogP contribution in [0.3, 0.4) is 0 Å². The Morgan fingerprint density at radius 1 is 1.00 bits per heavy atom. The van der Waals surface area contributed by atoms with Crippen molar-refractivity contribution in [3.05, 3.63) is 47.5 Å². The van der Waals surface area contributed by atoms with Crippen molar-refractivity contribution in [3.63, 3.8) is 0 Å². The number of carboxylic acids is 1. The number of fused-ring (bicyclic) bond motifs is 3. The third-order valence-electron chi connectivity index (χ3n) is 5.05. The molecule has 0 aliphatic carbocycles. The Hall–Kier alpha value is -1.91. The molecule has 2 heterocycles. The van der Waals surface area contributed by atoms with Crippen LogP contribution in [-0.2, 0) is 17.9 Å². The van der Waals surface area contributed by atoms with Crippen LogP contribution in [0.5, 0.6) is 0 Å². The summed E-state index contributed by atoms with van der Waals surface area (Å²) in [7, 11) is 0. The van der Waals surface area contributed by atoms with Crippen LogP contribution in [0.25, 0.3) is 10.8 Å². The van der Waals surface area contributed by atoms with Gasteiger partial charge in [0.15, 0.2) is 0 Å². The van der Waals surface area contributed by atoms with Crippen LogP contribution in [0.1, 0.15) is 24.0 Å². The third-order valence-corrected chi connectivity index (χ3v) is 5.05. The predicted molar refractivity (Wildman–Crippen MR) is 85.1 cm³/mol. The van der Waals surface area contributed by atoms with Crippen LogP contribution in [0, 0.1) is 5.92 Å². The summed E-state index contributed by atoms with van der Waals surface area (Å²) < 4.78 is 0. The molecule has 114 valence electrons. The van der Waals surface area contributed by atoms with Crippen LogP contribution in [0.4, 0.5) is 0 Å². The van der Waals surface area contributed by atoms with Crippen LogP contribution in [-0.4, -0.2) is 34.2 Å². The average molecular weight is 296 g/mol. The zero-order valence-corrected chi connectivity index (χ0v) is 12.5. The van der Waals surface area contributed by atoms with Gasteiger partial charge in [-0.25, -0.2) is 10.0 Å². The molecule has 0 atom stereocenters. The fourth-order valence-electron chi connectivity index (χ4n) is 3.75. The maximum atomic E-state index is 11.1. The lowest BCUT2D eigenvalue weighted by atomic mass is 9.98. The van der Waals surface area contributed by atoms with E-state index in [1.807, 2.05) is 0 Å². The van der Waals surface area contributed by atoms with Crippen LogP contribution in [0.2, 0.25) is 0 Å². The normalized spacial score (nSPS) is 20.4. The van der Waals surface area contributed by atoms with Gasteiger partial charge in [-0.2, -0.15) is 0 Å². The van der Waals surface area contributed by atoms with Crippen molar-refractivity contribution in [1.29, 1.82) is 0 Å². The molecule has 0 unspecified atom stereocenters. The van der Waals surface area contributed by atoms with Crippen molar-refractivity contribution >= 4 is 16.7 Å². The summed E-state index contributed by atoms with van der Waals surface area (Å²) in [5.41, 5.74) is 2.83. The number of piperidine rings is 1. The van der Waals surface area contributed by atoms with Gasteiger partial charge in [-0.15, -0.1) is 0 Å². The highest BCUT2D eigenvalue weighted by molar-refractivity contribution is 5.87. The fourth-order valence-corrected chi connectivity index (χ4v) is 3.75. The zero-order chi connectivity index (χ0) is 15.1. The Bertz CT molecular complexity index is 720. The van der Waals surface area contributed by atoms with Crippen molar-refractivity contribution in [2.75, 3.05) is 13.1 Å². The largest absolute Gasteiger partial charge is 0.481 e. The molecule has 2 aliphatic rings. The molecule has 4 nitrogen and oxygen atoms in total. The highest BCUT2D eigenvalue weighted by Gasteiger charge is 2.30. The molecule has 0 bridgehead atoms. The molecule has 0 aromatic heterocycles. The summed E-state index contributed by atoms with van der Waals surface area (Å²) in [6.07, 6.45) is 1.51. The molecule has 1 fully saturated rings. The molecule has 0 radical (unpaired) electrons. The van der Waals surface area contributed by atoms with Gasteiger partial charge >= 0.3 is 5.97 Å². The Kier molecular flexibility index (Phi) is 3.36. The molecule has 0 saturated carbocycles. The average Bonchev–Trinajstić information content (AvgIpc) is 2.99. The Morgan fingerprint density at radius 2 is 1.77 bits per heavy atom. The predicted octanol–water partition coefficient (Wildman–Crippen LogP) is 2.87. The molecule has 0 amide bonds. The van der Waals surface area contributed by atoms with E-state index in [2.05, 4.69) is 46.4 Å². The van der Waals surface area contributed by atoms with Gasteiger partial charge in [0.1, 0.15) is 0 Å². The topological polar surface area (TPSA) is 43.8 Å². The molecule has 4 rings (SSSR count). The smallest absolute Gasteiger partial charge is 0.306 e. The van der Waals surface area contributed by atoms with Crippen LogP contribution >= 0.6 is 0 Å². The second kappa shape index (κ2) is 5.38. The number of rotatable bonds is 2. The van der Waals surface area contributed by atoms with E-state index in [4.69, 9.17) is 5.11 Å². The first-order chi connectivity index (χ1) is 10.7. The molecule has 2 aromatic carbocycles. The number of carboxylic acid groups (broad SMARTS) is 1.